The molecule has 7 nitrogen and oxygen atoms in total. The van der Waals surface area contributed by atoms with Crippen molar-refractivity contribution in [2.24, 2.45) is 5.92 Å². The molecule has 1 saturated heterocycles. The number of hydrogen-bond acceptors (Lipinski definition) is 3. The number of hydrogen-bond donors (Lipinski definition) is 2. The van der Waals surface area contributed by atoms with Gasteiger partial charge in [-0.05, 0) is 44.2 Å². The second-order valence-corrected chi connectivity index (χ2v) is 9.29. The van der Waals surface area contributed by atoms with Gasteiger partial charge in [-0.15, -0.1) is 0 Å². The number of imide groups is 1. The number of nitrogens with zero attached hydrogens (tertiary/aromatic N) is 2. The van der Waals surface area contributed by atoms with Gasteiger partial charge in [0.15, 0.2) is 5.54 Å². The van der Waals surface area contributed by atoms with Gasteiger partial charge >= 0.3 is 6.03 Å². The zero-order valence-electron chi connectivity index (χ0n) is 19.5. The van der Waals surface area contributed by atoms with E-state index in [4.69, 9.17) is 0 Å². The molecule has 0 spiro atoms. The largest absolute Gasteiger partial charge is 0.356 e. The highest BCUT2D eigenvalue weighted by molar-refractivity contribution is 6.10. The fourth-order valence-corrected chi connectivity index (χ4v) is 5.21. The fraction of sp³-hybridized carbons (Fsp3) is 0.560. The van der Waals surface area contributed by atoms with Crippen LogP contribution in [0, 0.1) is 5.92 Å². The summed E-state index contributed by atoms with van der Waals surface area (Å²) in [5.74, 6) is -0.202. The fourth-order valence-electron chi connectivity index (χ4n) is 5.21. The molecule has 1 aromatic heterocycles. The number of urea groups is 1. The van der Waals surface area contributed by atoms with Crippen molar-refractivity contribution in [3.8, 4) is 0 Å². The minimum absolute atomic E-state index is 0.276. The van der Waals surface area contributed by atoms with Gasteiger partial charge < -0.3 is 15.2 Å². The van der Waals surface area contributed by atoms with Gasteiger partial charge in [0.2, 0.25) is 5.91 Å². The maximum absolute atomic E-state index is 13.7. The highest BCUT2D eigenvalue weighted by atomic mass is 16.2. The van der Waals surface area contributed by atoms with Crippen LogP contribution in [0.3, 0.4) is 0 Å². The molecule has 2 aromatic rings. The van der Waals surface area contributed by atoms with E-state index >= 15 is 0 Å². The quantitative estimate of drug-likeness (QED) is 0.613. The van der Waals surface area contributed by atoms with Crippen LogP contribution < -0.4 is 5.32 Å². The molecule has 0 aliphatic carbocycles. The zero-order valence-corrected chi connectivity index (χ0v) is 19.5. The normalized spacial score (nSPS) is 22.1. The lowest BCUT2D eigenvalue weighted by atomic mass is 9.87. The molecule has 172 valence electrons. The number of unbranched alkanes of at least 4 members (excludes halogenated alkanes) is 1. The smallest absolute Gasteiger partial charge is 0.328 e. The first-order valence-corrected chi connectivity index (χ1v) is 11.9. The summed E-state index contributed by atoms with van der Waals surface area (Å²) in [6, 6.07) is 6.72. The van der Waals surface area contributed by atoms with Crippen molar-refractivity contribution in [2.45, 2.75) is 71.4 Å². The van der Waals surface area contributed by atoms with Gasteiger partial charge in [0.05, 0.1) is 5.69 Å². The molecule has 4 rings (SSSR count). The first-order valence-electron chi connectivity index (χ1n) is 11.9. The van der Waals surface area contributed by atoms with Crippen molar-refractivity contribution in [1.29, 1.82) is 0 Å². The van der Waals surface area contributed by atoms with Gasteiger partial charge in [0.25, 0.3) is 5.91 Å². The van der Waals surface area contributed by atoms with E-state index < -0.39 is 11.6 Å². The Labute approximate surface area is 189 Å². The van der Waals surface area contributed by atoms with Crippen molar-refractivity contribution < 1.29 is 14.4 Å². The van der Waals surface area contributed by atoms with Gasteiger partial charge in [0.1, 0.15) is 6.04 Å². The van der Waals surface area contributed by atoms with Crippen LogP contribution in [-0.2, 0) is 21.5 Å². The highest BCUT2D eigenvalue weighted by Gasteiger charge is 2.60. The number of H-pyrrole nitrogens is 1. The van der Waals surface area contributed by atoms with Crippen LogP contribution in [0.25, 0.3) is 10.9 Å². The Hall–Kier alpha value is -2.83. The van der Waals surface area contributed by atoms with E-state index in [-0.39, 0.29) is 17.8 Å². The summed E-state index contributed by atoms with van der Waals surface area (Å²) in [4.78, 5) is 46.1. The van der Waals surface area contributed by atoms with E-state index in [1.807, 2.05) is 24.3 Å². The highest BCUT2D eigenvalue weighted by Crippen LogP contribution is 2.44. The van der Waals surface area contributed by atoms with Crippen molar-refractivity contribution >= 4 is 28.7 Å². The number of rotatable bonds is 8. The lowest BCUT2D eigenvalue weighted by Crippen LogP contribution is -2.50. The van der Waals surface area contributed by atoms with Crippen LogP contribution in [0.5, 0.6) is 0 Å². The predicted octanol–water partition coefficient (Wildman–Crippen LogP) is 3.92. The van der Waals surface area contributed by atoms with Crippen molar-refractivity contribution in [1.82, 2.24) is 20.1 Å². The van der Waals surface area contributed by atoms with E-state index in [0.717, 1.165) is 52.7 Å². The van der Waals surface area contributed by atoms with E-state index in [2.05, 4.69) is 24.1 Å². The van der Waals surface area contributed by atoms with Gasteiger partial charge in [-0.2, -0.15) is 0 Å². The first kappa shape index (κ1) is 22.4. The average Bonchev–Trinajstić information content (AvgIpc) is 3.27. The van der Waals surface area contributed by atoms with Crippen LogP contribution in [0.15, 0.2) is 24.3 Å². The Bertz CT molecular complexity index is 1040. The van der Waals surface area contributed by atoms with Gasteiger partial charge in [-0.25, -0.2) is 9.69 Å². The van der Waals surface area contributed by atoms with Gasteiger partial charge in [0, 0.05) is 24.0 Å². The van der Waals surface area contributed by atoms with Crippen LogP contribution in [0.1, 0.15) is 64.6 Å². The summed E-state index contributed by atoms with van der Waals surface area (Å²) in [6.45, 7) is 8.75. The SMILES string of the molecule is CCCC[C@@H](CC)CNC(=O)[C@H](C)N1C(=O)N2CCc3c([nH]c4ccccc34)[C@@]2(C)C1=O. The minimum Gasteiger partial charge on any atom is -0.356 e. The molecule has 1 fully saturated rings. The van der Waals surface area contributed by atoms with Gasteiger partial charge in [-0.3, -0.25) is 9.59 Å². The van der Waals surface area contributed by atoms with Crippen molar-refractivity contribution in [2.75, 3.05) is 13.1 Å². The first-order chi connectivity index (χ1) is 15.3. The third-order valence-corrected chi connectivity index (χ3v) is 7.37. The van der Waals surface area contributed by atoms with E-state index in [9.17, 15) is 14.4 Å². The van der Waals surface area contributed by atoms with Gasteiger partial charge in [-0.1, -0.05) is 51.3 Å². The Balaban J connectivity index is 1.56. The number of amides is 4. The number of carbonyl (C=O) groups is 3. The molecule has 3 heterocycles. The van der Waals surface area contributed by atoms with E-state index in [1.165, 1.54) is 0 Å². The molecular weight excluding hydrogens is 404 g/mol. The second-order valence-electron chi connectivity index (χ2n) is 9.29. The number of aromatic nitrogens is 1. The number of aromatic amines is 1. The molecule has 1 aromatic carbocycles. The topological polar surface area (TPSA) is 85.5 Å². The zero-order chi connectivity index (χ0) is 23.0. The Kier molecular flexibility index (Phi) is 6.01. The summed E-state index contributed by atoms with van der Waals surface area (Å²) in [5, 5.41) is 4.07. The average molecular weight is 439 g/mol. The second kappa shape index (κ2) is 8.60. The van der Waals surface area contributed by atoms with E-state index in [1.54, 1.807) is 18.7 Å². The molecule has 2 aliphatic heterocycles. The Morgan fingerprint density at radius 1 is 1.25 bits per heavy atom. The minimum atomic E-state index is -1.12. The van der Waals surface area contributed by atoms with Crippen LogP contribution in [-0.4, -0.2) is 51.8 Å². The summed E-state index contributed by atoms with van der Waals surface area (Å²) in [5.41, 5.74) is 1.69. The molecule has 3 atom stereocenters. The molecule has 7 heteroatoms. The summed E-state index contributed by atoms with van der Waals surface area (Å²) >= 11 is 0. The standard InChI is InChI=1S/C25H34N4O3/c1-5-7-10-17(6-2)15-26-22(30)16(3)29-23(31)25(4)21-19(13-14-28(25)24(29)32)18-11-8-9-12-20(18)27-21/h8-9,11-12,16-17,27H,5-7,10,13-15H2,1-4H3,(H,26,30)/t16-,17+,25-/m0/s1. The molecule has 0 unspecified atom stereocenters. The third kappa shape index (κ3) is 3.38. The van der Waals surface area contributed by atoms with Crippen molar-refractivity contribution in [3.63, 3.8) is 0 Å². The molecule has 0 bridgehead atoms. The molecule has 32 heavy (non-hydrogen) atoms. The molecule has 2 aliphatic rings. The molecule has 2 N–H and O–H groups in total. The number of carbonyl (C=O) groups excluding carboxylic acids is 3. The van der Waals surface area contributed by atoms with Crippen LogP contribution in [0.4, 0.5) is 4.79 Å². The Morgan fingerprint density at radius 2 is 2.00 bits per heavy atom. The molecule has 4 amide bonds. The van der Waals surface area contributed by atoms with Crippen LogP contribution in [0.2, 0.25) is 0 Å². The number of para-hydroxylation sites is 1. The lowest BCUT2D eigenvalue weighted by molar-refractivity contribution is -0.139. The molecule has 0 radical (unpaired) electrons. The molecule has 0 saturated carbocycles. The Morgan fingerprint density at radius 3 is 2.72 bits per heavy atom. The summed E-state index contributed by atoms with van der Waals surface area (Å²) in [7, 11) is 0. The number of nitrogens with one attached hydrogen (secondary N) is 2. The lowest BCUT2D eigenvalue weighted by Gasteiger charge is -2.36. The summed E-state index contributed by atoms with van der Waals surface area (Å²) < 4.78 is 0. The van der Waals surface area contributed by atoms with Crippen molar-refractivity contribution in [3.05, 3.63) is 35.5 Å². The maximum atomic E-state index is 13.7. The van der Waals surface area contributed by atoms with E-state index in [0.29, 0.717) is 25.4 Å². The summed E-state index contributed by atoms with van der Waals surface area (Å²) in [6.07, 6.45) is 5.00. The van der Waals surface area contributed by atoms with Crippen LogP contribution >= 0.6 is 0 Å². The predicted molar refractivity (Wildman–Crippen MR) is 124 cm³/mol. The maximum Gasteiger partial charge on any atom is 0.328 e. The number of fused-ring (bicyclic) bond motifs is 5. The monoisotopic (exact) mass is 438 g/mol. The molecular formula is C25H34N4O3. The number of benzene rings is 1. The third-order valence-electron chi connectivity index (χ3n) is 7.37.